The summed E-state index contributed by atoms with van der Waals surface area (Å²) in [6.07, 6.45) is 0. The number of hydrogen-bond donors (Lipinski definition) is 1. The van der Waals surface area contributed by atoms with Crippen molar-refractivity contribution in [3.8, 4) is 5.75 Å². The highest BCUT2D eigenvalue weighted by atomic mass is 16.5. The molecule has 0 saturated carbocycles. The van der Waals surface area contributed by atoms with Crippen molar-refractivity contribution in [2.24, 2.45) is 0 Å². The lowest BCUT2D eigenvalue weighted by Gasteiger charge is -2.27. The zero-order chi connectivity index (χ0) is 17.3. The van der Waals surface area contributed by atoms with Crippen LogP contribution >= 0.6 is 0 Å². The number of carbonyl (C=O) groups excluding carboxylic acids is 3. The summed E-state index contributed by atoms with van der Waals surface area (Å²) in [5.41, 5.74) is 2.06. The normalized spacial score (nSPS) is 13.1. The molecule has 1 heterocycles. The van der Waals surface area contributed by atoms with E-state index in [4.69, 9.17) is 4.74 Å². The van der Waals surface area contributed by atoms with Gasteiger partial charge in [-0.25, -0.2) is 0 Å². The summed E-state index contributed by atoms with van der Waals surface area (Å²) in [6, 6.07) is 11.7. The van der Waals surface area contributed by atoms with Gasteiger partial charge < -0.3 is 15.0 Å². The van der Waals surface area contributed by atoms with Gasteiger partial charge in [0.05, 0.1) is 11.3 Å². The summed E-state index contributed by atoms with van der Waals surface area (Å²) in [5, 5.41) is 2.77. The average molecular weight is 324 g/mol. The van der Waals surface area contributed by atoms with Gasteiger partial charge in [-0.15, -0.1) is 0 Å². The van der Waals surface area contributed by atoms with Crippen LogP contribution in [0.4, 0.5) is 11.4 Å². The Morgan fingerprint density at radius 2 is 1.83 bits per heavy atom. The fourth-order valence-electron chi connectivity index (χ4n) is 2.47. The summed E-state index contributed by atoms with van der Waals surface area (Å²) in [5.74, 6) is -0.159. The second-order valence-electron chi connectivity index (χ2n) is 5.48. The molecule has 6 heteroatoms. The van der Waals surface area contributed by atoms with E-state index in [1.165, 1.54) is 11.8 Å². The first-order valence-electron chi connectivity index (χ1n) is 7.42. The van der Waals surface area contributed by atoms with Crippen molar-refractivity contribution >= 4 is 29.0 Å². The molecule has 2 amide bonds. The van der Waals surface area contributed by atoms with Crippen LogP contribution in [0.3, 0.4) is 0 Å². The summed E-state index contributed by atoms with van der Waals surface area (Å²) in [7, 11) is 1.64. The standard InChI is InChI=1S/C18H16N2O4/c1-11(21)12-6-8-13(9-7-12)19-18(23)14-4-3-5-15-17(14)24-10-16(22)20(15)2/h3-9H,10H2,1-2H3,(H,19,23). The largest absolute Gasteiger partial charge is 0.481 e. The Kier molecular flexibility index (Phi) is 4.04. The van der Waals surface area contributed by atoms with Gasteiger partial charge in [0.25, 0.3) is 11.8 Å². The number of ketones is 1. The third kappa shape index (κ3) is 2.86. The van der Waals surface area contributed by atoms with Gasteiger partial charge in [0.15, 0.2) is 18.1 Å². The highest BCUT2D eigenvalue weighted by Crippen LogP contribution is 2.34. The van der Waals surface area contributed by atoms with Crippen LogP contribution in [0.25, 0.3) is 0 Å². The minimum atomic E-state index is -0.342. The first-order chi connectivity index (χ1) is 11.5. The van der Waals surface area contributed by atoms with Crippen molar-refractivity contribution in [3.05, 3.63) is 53.6 Å². The van der Waals surface area contributed by atoms with Crippen molar-refractivity contribution in [1.82, 2.24) is 0 Å². The third-order valence-electron chi connectivity index (χ3n) is 3.86. The lowest BCUT2D eigenvalue weighted by Crippen LogP contribution is -2.36. The van der Waals surface area contributed by atoms with Crippen molar-refractivity contribution in [2.75, 3.05) is 23.9 Å². The maximum atomic E-state index is 12.5. The number of para-hydroxylation sites is 1. The predicted molar refractivity (Wildman–Crippen MR) is 89.7 cm³/mol. The summed E-state index contributed by atoms with van der Waals surface area (Å²) in [6.45, 7) is 1.39. The van der Waals surface area contributed by atoms with Crippen LogP contribution in [0, 0.1) is 0 Å². The number of Topliss-reactive ketones (excluding diaryl/α,β-unsaturated/α-hetero) is 1. The Balaban J connectivity index is 1.86. The number of likely N-dealkylation sites (N-methyl/N-ethyl adjacent to an activating group) is 1. The number of nitrogens with zero attached hydrogens (tertiary/aromatic N) is 1. The number of fused-ring (bicyclic) bond motifs is 1. The summed E-state index contributed by atoms with van der Waals surface area (Å²) < 4.78 is 5.45. The van der Waals surface area contributed by atoms with Gasteiger partial charge in [0.1, 0.15) is 0 Å². The van der Waals surface area contributed by atoms with E-state index < -0.39 is 0 Å². The molecule has 0 aliphatic carbocycles. The van der Waals surface area contributed by atoms with Crippen molar-refractivity contribution in [1.29, 1.82) is 0 Å². The molecule has 0 spiro atoms. The van der Waals surface area contributed by atoms with E-state index >= 15 is 0 Å². The minimum Gasteiger partial charge on any atom is -0.481 e. The van der Waals surface area contributed by atoms with E-state index in [0.717, 1.165) is 0 Å². The first-order valence-corrected chi connectivity index (χ1v) is 7.42. The number of hydrogen-bond acceptors (Lipinski definition) is 4. The van der Waals surface area contributed by atoms with Gasteiger partial charge in [-0.1, -0.05) is 6.07 Å². The molecule has 6 nitrogen and oxygen atoms in total. The van der Waals surface area contributed by atoms with Crippen molar-refractivity contribution < 1.29 is 19.1 Å². The lowest BCUT2D eigenvalue weighted by molar-refractivity contribution is -0.121. The summed E-state index contributed by atoms with van der Waals surface area (Å²) >= 11 is 0. The van der Waals surface area contributed by atoms with Crippen LogP contribution in [-0.2, 0) is 4.79 Å². The fraction of sp³-hybridized carbons (Fsp3) is 0.167. The number of nitrogens with one attached hydrogen (secondary N) is 1. The molecule has 1 N–H and O–H groups in total. The SMILES string of the molecule is CC(=O)c1ccc(NC(=O)c2cccc3c2OCC(=O)N3C)cc1. The zero-order valence-electron chi connectivity index (χ0n) is 13.3. The Morgan fingerprint density at radius 1 is 1.12 bits per heavy atom. The number of benzene rings is 2. The number of amides is 2. The molecule has 0 saturated heterocycles. The van der Waals surface area contributed by atoms with Gasteiger partial charge in [0.2, 0.25) is 0 Å². The minimum absolute atomic E-state index is 0.0360. The number of anilines is 2. The average Bonchev–Trinajstić information content (AvgIpc) is 2.58. The molecular weight excluding hydrogens is 308 g/mol. The molecule has 0 fully saturated rings. The number of rotatable bonds is 3. The predicted octanol–water partition coefficient (Wildman–Crippen LogP) is 2.50. The second-order valence-corrected chi connectivity index (χ2v) is 5.48. The second kappa shape index (κ2) is 6.16. The fourth-order valence-corrected chi connectivity index (χ4v) is 2.47. The molecule has 0 unspecified atom stereocenters. The van der Waals surface area contributed by atoms with Crippen LogP contribution in [0.5, 0.6) is 5.75 Å². The Morgan fingerprint density at radius 3 is 2.50 bits per heavy atom. The van der Waals surface area contributed by atoms with Crippen LogP contribution in [0.2, 0.25) is 0 Å². The maximum absolute atomic E-state index is 12.5. The molecule has 24 heavy (non-hydrogen) atoms. The maximum Gasteiger partial charge on any atom is 0.264 e. The van der Waals surface area contributed by atoms with Gasteiger partial charge in [0, 0.05) is 18.3 Å². The molecule has 0 atom stereocenters. The molecule has 0 bridgehead atoms. The Labute approximate surface area is 139 Å². The van der Waals surface area contributed by atoms with E-state index in [1.54, 1.807) is 49.5 Å². The quantitative estimate of drug-likeness (QED) is 0.880. The zero-order valence-corrected chi connectivity index (χ0v) is 13.3. The third-order valence-corrected chi connectivity index (χ3v) is 3.86. The smallest absolute Gasteiger partial charge is 0.264 e. The number of ether oxygens (including phenoxy) is 1. The molecular formula is C18H16N2O4. The lowest BCUT2D eigenvalue weighted by atomic mass is 10.1. The molecule has 0 aromatic heterocycles. The highest BCUT2D eigenvalue weighted by Gasteiger charge is 2.26. The first kappa shape index (κ1) is 15.7. The molecule has 1 aliphatic rings. The summed E-state index contributed by atoms with van der Waals surface area (Å²) in [4.78, 5) is 37.0. The number of carbonyl (C=O) groups is 3. The van der Waals surface area contributed by atoms with E-state index in [1.807, 2.05) is 0 Å². The van der Waals surface area contributed by atoms with E-state index in [9.17, 15) is 14.4 Å². The van der Waals surface area contributed by atoms with Gasteiger partial charge in [-0.3, -0.25) is 14.4 Å². The van der Waals surface area contributed by atoms with Gasteiger partial charge >= 0.3 is 0 Å². The Hall–Kier alpha value is -3.15. The molecule has 0 radical (unpaired) electrons. The van der Waals surface area contributed by atoms with Crippen molar-refractivity contribution in [2.45, 2.75) is 6.92 Å². The van der Waals surface area contributed by atoms with E-state index in [0.29, 0.717) is 28.3 Å². The van der Waals surface area contributed by atoms with Crippen LogP contribution in [0.1, 0.15) is 27.6 Å². The molecule has 3 rings (SSSR count). The van der Waals surface area contributed by atoms with Gasteiger partial charge in [-0.05, 0) is 43.3 Å². The molecule has 122 valence electrons. The monoisotopic (exact) mass is 324 g/mol. The molecule has 2 aromatic carbocycles. The van der Waals surface area contributed by atoms with Crippen LogP contribution in [-0.4, -0.2) is 31.3 Å². The highest BCUT2D eigenvalue weighted by molar-refractivity contribution is 6.09. The topological polar surface area (TPSA) is 75.7 Å². The van der Waals surface area contributed by atoms with E-state index in [-0.39, 0.29) is 24.2 Å². The van der Waals surface area contributed by atoms with Crippen LogP contribution in [0.15, 0.2) is 42.5 Å². The van der Waals surface area contributed by atoms with Crippen molar-refractivity contribution in [3.63, 3.8) is 0 Å². The van der Waals surface area contributed by atoms with Gasteiger partial charge in [-0.2, -0.15) is 0 Å². The van der Waals surface area contributed by atoms with Crippen LogP contribution < -0.4 is 15.0 Å². The molecule has 2 aromatic rings. The molecule has 1 aliphatic heterocycles. The Bertz CT molecular complexity index is 827. The van der Waals surface area contributed by atoms with E-state index in [2.05, 4.69) is 5.32 Å².